The third-order valence-corrected chi connectivity index (χ3v) is 4.74. The van der Waals surface area contributed by atoms with E-state index in [0.29, 0.717) is 22.8 Å². The summed E-state index contributed by atoms with van der Waals surface area (Å²) >= 11 is 0. The predicted octanol–water partition coefficient (Wildman–Crippen LogP) is 2.12. The quantitative estimate of drug-likeness (QED) is 0.682. The van der Waals surface area contributed by atoms with E-state index in [0.717, 1.165) is 6.42 Å². The highest BCUT2D eigenvalue weighted by Crippen LogP contribution is 2.38. The number of hydrogen-bond donors (Lipinski definition) is 1. The molecule has 5 heteroatoms. The van der Waals surface area contributed by atoms with Crippen molar-refractivity contribution in [3.05, 3.63) is 52.6 Å². The summed E-state index contributed by atoms with van der Waals surface area (Å²) in [5.74, 6) is 0.434. The zero-order chi connectivity index (χ0) is 16.4. The third kappa shape index (κ3) is 2.10. The van der Waals surface area contributed by atoms with E-state index in [1.165, 1.54) is 0 Å². The fourth-order valence-electron chi connectivity index (χ4n) is 3.32. The zero-order valence-corrected chi connectivity index (χ0v) is 13.6. The lowest BCUT2D eigenvalue weighted by molar-refractivity contribution is 0.0511. The van der Waals surface area contributed by atoms with Gasteiger partial charge in [-0.1, -0.05) is 45.1 Å². The van der Waals surface area contributed by atoms with Gasteiger partial charge in [0.15, 0.2) is 5.82 Å². The van der Waals surface area contributed by atoms with Gasteiger partial charge in [0.1, 0.15) is 6.10 Å². The molecule has 1 aliphatic carbocycles. The normalized spacial score (nSPS) is 24.1. The van der Waals surface area contributed by atoms with E-state index < -0.39 is 11.5 Å². The highest BCUT2D eigenvalue weighted by Gasteiger charge is 2.50. The van der Waals surface area contributed by atoms with Gasteiger partial charge in [-0.25, -0.2) is 9.66 Å². The number of para-hydroxylation sites is 1. The topological polar surface area (TPSA) is 58.1 Å². The molecule has 1 N–H and O–H groups in total. The van der Waals surface area contributed by atoms with Crippen molar-refractivity contribution in [1.82, 2.24) is 9.66 Å². The van der Waals surface area contributed by atoms with Crippen LogP contribution < -0.4 is 10.6 Å². The van der Waals surface area contributed by atoms with Crippen LogP contribution in [0.4, 0.5) is 0 Å². The number of aromatic nitrogens is 2. The molecule has 0 amide bonds. The standard InChI is InChI=1S/C18H21N3O2/c1-18(2,3)15(22)16-19-12-8-5-4-7-11(12)17(23)21(16)20-13-9-6-10-14(13)20/h4-9,13-15,22H,10H2,1-3H3/t13-,14+,15-,20?/m1/s1. The first-order valence-electron chi connectivity index (χ1n) is 8.04. The number of hydrogen-bond acceptors (Lipinski definition) is 4. The van der Waals surface area contributed by atoms with Gasteiger partial charge in [0.2, 0.25) is 0 Å². The molecule has 1 aliphatic heterocycles. The highest BCUT2D eigenvalue weighted by atomic mass is 16.3. The summed E-state index contributed by atoms with van der Waals surface area (Å²) in [6.07, 6.45) is 4.39. The number of fused-ring (bicyclic) bond motifs is 2. The van der Waals surface area contributed by atoms with Crippen molar-refractivity contribution in [1.29, 1.82) is 0 Å². The van der Waals surface area contributed by atoms with Crippen LogP contribution in [0.2, 0.25) is 0 Å². The van der Waals surface area contributed by atoms with Gasteiger partial charge in [-0.3, -0.25) is 9.80 Å². The third-order valence-electron chi connectivity index (χ3n) is 4.74. The smallest absolute Gasteiger partial charge is 0.280 e. The first-order valence-corrected chi connectivity index (χ1v) is 8.04. The minimum Gasteiger partial charge on any atom is -0.385 e. The van der Waals surface area contributed by atoms with Crippen molar-refractivity contribution in [2.24, 2.45) is 5.41 Å². The van der Waals surface area contributed by atoms with Crippen LogP contribution in [0, 0.1) is 5.41 Å². The Labute approximate surface area is 134 Å². The van der Waals surface area contributed by atoms with Gasteiger partial charge in [0.05, 0.1) is 23.0 Å². The summed E-state index contributed by atoms with van der Waals surface area (Å²) < 4.78 is 1.61. The summed E-state index contributed by atoms with van der Waals surface area (Å²) in [4.78, 5) is 17.7. The van der Waals surface area contributed by atoms with Crippen LogP contribution >= 0.6 is 0 Å². The molecule has 2 heterocycles. The lowest BCUT2D eigenvalue weighted by atomic mass is 9.88. The number of nitrogens with zero attached hydrogens (tertiary/aromatic N) is 3. The molecule has 0 spiro atoms. The van der Waals surface area contributed by atoms with E-state index in [1.807, 2.05) is 44.0 Å². The summed E-state index contributed by atoms with van der Waals surface area (Å²) in [7, 11) is 0. The average molecular weight is 311 g/mol. The van der Waals surface area contributed by atoms with Crippen LogP contribution in [0.15, 0.2) is 41.2 Å². The molecule has 1 saturated heterocycles. The second kappa shape index (κ2) is 4.68. The molecule has 1 fully saturated rings. The fraction of sp³-hybridized carbons (Fsp3) is 0.444. The number of rotatable bonds is 2. The van der Waals surface area contributed by atoms with Crippen LogP contribution in [0.3, 0.4) is 0 Å². The van der Waals surface area contributed by atoms with Crippen molar-refractivity contribution < 1.29 is 5.11 Å². The molecule has 23 heavy (non-hydrogen) atoms. The predicted molar refractivity (Wildman–Crippen MR) is 90.0 cm³/mol. The van der Waals surface area contributed by atoms with E-state index in [1.54, 1.807) is 10.7 Å². The second-order valence-corrected chi connectivity index (χ2v) is 7.47. The minimum absolute atomic E-state index is 0.100. The molecule has 0 unspecified atom stereocenters. The van der Waals surface area contributed by atoms with Crippen LogP contribution in [-0.2, 0) is 0 Å². The van der Waals surface area contributed by atoms with Crippen LogP contribution in [0.25, 0.3) is 10.9 Å². The van der Waals surface area contributed by atoms with Gasteiger partial charge >= 0.3 is 0 Å². The Hall–Kier alpha value is -2.14. The Morgan fingerprint density at radius 1 is 1.30 bits per heavy atom. The van der Waals surface area contributed by atoms with Crippen molar-refractivity contribution in [3.63, 3.8) is 0 Å². The van der Waals surface area contributed by atoms with Crippen molar-refractivity contribution >= 4 is 10.9 Å². The van der Waals surface area contributed by atoms with E-state index >= 15 is 0 Å². The SMILES string of the molecule is CC(C)(C)[C@H](O)c1nc2ccccc2c(=O)n1N1[C@@H]2C=CC[C@@H]21. The van der Waals surface area contributed by atoms with Crippen molar-refractivity contribution in [3.8, 4) is 0 Å². The summed E-state index contributed by atoms with van der Waals surface area (Å²) in [5.41, 5.74) is 0.135. The first kappa shape index (κ1) is 14.5. The van der Waals surface area contributed by atoms with Crippen molar-refractivity contribution in [2.75, 3.05) is 5.01 Å². The molecule has 4 rings (SSSR count). The lowest BCUT2D eigenvalue weighted by Gasteiger charge is -2.28. The van der Waals surface area contributed by atoms with Crippen LogP contribution in [-0.4, -0.2) is 26.9 Å². The molecule has 2 aromatic rings. The monoisotopic (exact) mass is 311 g/mol. The van der Waals surface area contributed by atoms with Gasteiger partial charge in [-0.15, -0.1) is 0 Å². The summed E-state index contributed by atoms with van der Waals surface area (Å²) in [5, 5.41) is 13.4. The molecule has 3 atom stereocenters. The molecule has 120 valence electrons. The number of benzene rings is 1. The van der Waals surface area contributed by atoms with Crippen LogP contribution in [0.1, 0.15) is 39.1 Å². The summed E-state index contributed by atoms with van der Waals surface area (Å²) in [6.45, 7) is 5.85. The van der Waals surface area contributed by atoms with Crippen molar-refractivity contribution in [2.45, 2.75) is 45.4 Å². The maximum Gasteiger partial charge on any atom is 0.280 e. The minimum atomic E-state index is -0.815. The van der Waals surface area contributed by atoms with Gasteiger partial charge < -0.3 is 5.11 Å². The molecule has 0 radical (unpaired) electrons. The molecule has 0 saturated carbocycles. The molecular weight excluding hydrogens is 290 g/mol. The lowest BCUT2D eigenvalue weighted by Crippen LogP contribution is -2.38. The van der Waals surface area contributed by atoms with Gasteiger partial charge in [-0.2, -0.15) is 0 Å². The molecule has 5 nitrogen and oxygen atoms in total. The summed E-state index contributed by atoms with van der Waals surface area (Å²) in [6, 6.07) is 7.90. The average Bonchev–Trinajstić information content (AvgIpc) is 2.96. The Bertz CT molecular complexity index is 863. The van der Waals surface area contributed by atoms with Gasteiger partial charge in [0, 0.05) is 0 Å². The van der Waals surface area contributed by atoms with E-state index in [2.05, 4.69) is 17.1 Å². The van der Waals surface area contributed by atoms with Gasteiger partial charge in [-0.05, 0) is 24.0 Å². The van der Waals surface area contributed by atoms with E-state index in [9.17, 15) is 9.90 Å². The zero-order valence-electron chi connectivity index (χ0n) is 13.6. The van der Waals surface area contributed by atoms with Gasteiger partial charge in [0.25, 0.3) is 5.56 Å². The maximum atomic E-state index is 13.0. The Morgan fingerprint density at radius 3 is 2.70 bits per heavy atom. The Kier molecular flexibility index (Phi) is 2.94. The second-order valence-electron chi connectivity index (χ2n) is 7.47. The van der Waals surface area contributed by atoms with E-state index in [4.69, 9.17) is 0 Å². The molecule has 1 aromatic carbocycles. The fourth-order valence-corrected chi connectivity index (χ4v) is 3.32. The molecule has 1 aromatic heterocycles. The highest BCUT2D eigenvalue weighted by molar-refractivity contribution is 5.77. The Morgan fingerprint density at radius 2 is 2.04 bits per heavy atom. The molecular formula is C18H21N3O2. The molecule has 2 aliphatic rings. The number of aliphatic hydroxyl groups excluding tert-OH is 1. The Balaban J connectivity index is 1.96. The maximum absolute atomic E-state index is 13.0. The van der Waals surface area contributed by atoms with E-state index in [-0.39, 0.29) is 11.6 Å². The largest absolute Gasteiger partial charge is 0.385 e. The number of aliphatic hydroxyl groups is 1. The first-order chi connectivity index (χ1) is 10.9. The molecule has 0 bridgehead atoms. The van der Waals surface area contributed by atoms with Crippen LogP contribution in [0.5, 0.6) is 0 Å².